The molecule has 3 aromatic rings. The van der Waals surface area contributed by atoms with E-state index in [4.69, 9.17) is 14.5 Å². The second kappa shape index (κ2) is 8.23. The van der Waals surface area contributed by atoms with Gasteiger partial charge in [-0.25, -0.2) is 4.98 Å². The smallest absolute Gasteiger partial charge is 0.119 e. The van der Waals surface area contributed by atoms with E-state index in [2.05, 4.69) is 35.9 Å². The highest BCUT2D eigenvalue weighted by Gasteiger charge is 2.12. The number of methoxy groups -OCH3 is 1. The van der Waals surface area contributed by atoms with E-state index in [1.165, 1.54) is 16.6 Å². The van der Waals surface area contributed by atoms with Crippen LogP contribution in [0.3, 0.4) is 0 Å². The molecule has 1 heterocycles. The summed E-state index contributed by atoms with van der Waals surface area (Å²) >= 11 is 0. The van der Waals surface area contributed by atoms with Gasteiger partial charge in [-0.3, -0.25) is 0 Å². The molecular weight excluding hydrogens is 326 g/mol. The molecule has 5 nitrogen and oxygen atoms in total. The molecule has 0 amide bonds. The Morgan fingerprint density at radius 1 is 1.04 bits per heavy atom. The van der Waals surface area contributed by atoms with Crippen LogP contribution >= 0.6 is 0 Å². The van der Waals surface area contributed by atoms with E-state index in [1.54, 1.807) is 7.11 Å². The maximum absolute atomic E-state index is 5.92. The second-order valence-electron chi connectivity index (χ2n) is 6.48. The molecule has 0 aliphatic rings. The Kier molecular flexibility index (Phi) is 5.78. The lowest BCUT2D eigenvalue weighted by Crippen LogP contribution is -2.16. The van der Waals surface area contributed by atoms with Gasteiger partial charge in [0, 0.05) is 13.0 Å². The van der Waals surface area contributed by atoms with Crippen LogP contribution in [0.2, 0.25) is 0 Å². The molecule has 0 bridgehead atoms. The van der Waals surface area contributed by atoms with Gasteiger partial charge in [0.1, 0.15) is 23.9 Å². The summed E-state index contributed by atoms with van der Waals surface area (Å²) in [7, 11) is 3.63. The second-order valence-corrected chi connectivity index (χ2v) is 6.48. The zero-order valence-electron chi connectivity index (χ0n) is 16.0. The third kappa shape index (κ3) is 3.99. The van der Waals surface area contributed by atoms with Crippen molar-refractivity contribution in [1.82, 2.24) is 14.9 Å². The lowest BCUT2D eigenvalue weighted by atomic mass is 10.1. The average molecular weight is 353 g/mol. The number of imidazole rings is 1. The van der Waals surface area contributed by atoms with Gasteiger partial charge in [-0.15, -0.1) is 0 Å². The predicted octanol–water partition coefficient (Wildman–Crippen LogP) is 3.50. The van der Waals surface area contributed by atoms with Crippen LogP contribution in [-0.2, 0) is 13.0 Å². The van der Waals surface area contributed by atoms with Crippen molar-refractivity contribution >= 4 is 11.0 Å². The van der Waals surface area contributed by atoms with E-state index in [-0.39, 0.29) is 0 Å². The number of rotatable bonds is 8. The SMILES string of the molecule is CNCCc1nc2cc(C)c(C)cc2n1CCOc1ccc(OC)cc1. The Morgan fingerprint density at radius 3 is 2.42 bits per heavy atom. The van der Waals surface area contributed by atoms with Crippen LogP contribution in [0.5, 0.6) is 11.5 Å². The summed E-state index contributed by atoms with van der Waals surface area (Å²) in [5, 5.41) is 3.21. The van der Waals surface area contributed by atoms with Gasteiger partial charge < -0.3 is 19.4 Å². The summed E-state index contributed by atoms with van der Waals surface area (Å²) in [6, 6.07) is 12.1. The molecule has 0 unspecified atom stereocenters. The molecule has 1 N–H and O–H groups in total. The fraction of sp³-hybridized carbons (Fsp3) is 0.381. The van der Waals surface area contributed by atoms with Crippen LogP contribution in [0, 0.1) is 13.8 Å². The molecule has 0 atom stereocenters. The van der Waals surface area contributed by atoms with Gasteiger partial charge in [0.15, 0.2) is 0 Å². The van der Waals surface area contributed by atoms with Gasteiger partial charge in [0.25, 0.3) is 0 Å². The summed E-state index contributed by atoms with van der Waals surface area (Å²) in [5.41, 5.74) is 4.80. The van der Waals surface area contributed by atoms with Crippen molar-refractivity contribution in [3.8, 4) is 11.5 Å². The first kappa shape index (κ1) is 18.3. The van der Waals surface area contributed by atoms with Crippen LogP contribution in [0.25, 0.3) is 11.0 Å². The van der Waals surface area contributed by atoms with Gasteiger partial charge in [0.2, 0.25) is 0 Å². The Morgan fingerprint density at radius 2 is 1.73 bits per heavy atom. The number of hydrogen-bond acceptors (Lipinski definition) is 4. The molecule has 0 aliphatic carbocycles. The van der Waals surface area contributed by atoms with E-state index in [9.17, 15) is 0 Å². The number of hydrogen-bond donors (Lipinski definition) is 1. The number of aromatic nitrogens is 2. The summed E-state index contributed by atoms with van der Waals surface area (Å²) in [6.45, 7) is 6.54. The summed E-state index contributed by atoms with van der Waals surface area (Å²) in [4.78, 5) is 4.85. The van der Waals surface area contributed by atoms with Crippen LogP contribution < -0.4 is 14.8 Å². The largest absolute Gasteiger partial charge is 0.497 e. The Bertz CT molecular complexity index is 869. The molecule has 5 heteroatoms. The zero-order valence-corrected chi connectivity index (χ0v) is 16.0. The Balaban J connectivity index is 1.78. The lowest BCUT2D eigenvalue weighted by Gasteiger charge is -2.12. The Hall–Kier alpha value is -2.53. The number of nitrogens with one attached hydrogen (secondary N) is 1. The molecule has 0 saturated heterocycles. The van der Waals surface area contributed by atoms with Crippen LogP contribution in [0.15, 0.2) is 36.4 Å². The van der Waals surface area contributed by atoms with Crippen LogP contribution in [0.4, 0.5) is 0 Å². The molecule has 3 rings (SSSR count). The fourth-order valence-electron chi connectivity index (χ4n) is 3.03. The number of nitrogens with zero attached hydrogens (tertiary/aromatic N) is 2. The van der Waals surface area contributed by atoms with Gasteiger partial charge in [-0.1, -0.05) is 0 Å². The van der Waals surface area contributed by atoms with Crippen molar-refractivity contribution in [3.05, 3.63) is 53.3 Å². The lowest BCUT2D eigenvalue weighted by molar-refractivity contribution is 0.297. The number of aryl methyl sites for hydroxylation is 2. The molecule has 138 valence electrons. The molecule has 0 radical (unpaired) electrons. The number of benzene rings is 2. The minimum Gasteiger partial charge on any atom is -0.497 e. The molecule has 0 saturated carbocycles. The topological polar surface area (TPSA) is 48.3 Å². The molecule has 2 aromatic carbocycles. The van der Waals surface area contributed by atoms with Crippen molar-refractivity contribution in [2.45, 2.75) is 26.8 Å². The molecule has 0 fully saturated rings. The van der Waals surface area contributed by atoms with E-state index >= 15 is 0 Å². The standard InChI is InChI=1S/C21H27N3O2/c1-15-13-19-20(14-16(15)2)24(21(23-19)9-10-22-3)11-12-26-18-7-5-17(25-4)6-8-18/h5-8,13-14,22H,9-12H2,1-4H3. The minimum atomic E-state index is 0.595. The summed E-state index contributed by atoms with van der Waals surface area (Å²) < 4.78 is 13.4. The molecule has 26 heavy (non-hydrogen) atoms. The highest BCUT2D eigenvalue weighted by Crippen LogP contribution is 2.22. The van der Waals surface area contributed by atoms with E-state index in [0.29, 0.717) is 6.61 Å². The van der Waals surface area contributed by atoms with Gasteiger partial charge in [0.05, 0.1) is 24.7 Å². The van der Waals surface area contributed by atoms with Crippen LogP contribution in [-0.4, -0.2) is 36.9 Å². The Labute approximate surface area is 155 Å². The molecule has 0 aliphatic heterocycles. The molecule has 1 aromatic heterocycles. The van der Waals surface area contributed by atoms with Crippen molar-refractivity contribution in [2.24, 2.45) is 0 Å². The third-order valence-corrected chi connectivity index (χ3v) is 4.68. The monoisotopic (exact) mass is 353 g/mol. The summed E-state index contributed by atoms with van der Waals surface area (Å²) in [6.07, 6.45) is 0.895. The van der Waals surface area contributed by atoms with Gasteiger partial charge in [-0.2, -0.15) is 0 Å². The van der Waals surface area contributed by atoms with Crippen molar-refractivity contribution < 1.29 is 9.47 Å². The highest BCUT2D eigenvalue weighted by atomic mass is 16.5. The van der Waals surface area contributed by atoms with Gasteiger partial charge in [-0.05, 0) is 68.4 Å². The fourth-order valence-corrected chi connectivity index (χ4v) is 3.03. The number of ether oxygens (including phenoxy) is 2. The summed E-state index contributed by atoms with van der Waals surface area (Å²) in [5.74, 6) is 2.77. The van der Waals surface area contributed by atoms with E-state index in [1.807, 2.05) is 31.3 Å². The maximum atomic E-state index is 5.92. The number of fused-ring (bicyclic) bond motifs is 1. The van der Waals surface area contributed by atoms with E-state index < -0.39 is 0 Å². The van der Waals surface area contributed by atoms with E-state index in [0.717, 1.165) is 42.4 Å². The first-order valence-corrected chi connectivity index (χ1v) is 9.00. The first-order chi connectivity index (χ1) is 12.6. The normalized spacial score (nSPS) is 11.1. The predicted molar refractivity (Wildman–Crippen MR) is 105 cm³/mol. The highest BCUT2D eigenvalue weighted by molar-refractivity contribution is 5.78. The van der Waals surface area contributed by atoms with Gasteiger partial charge >= 0.3 is 0 Å². The zero-order chi connectivity index (χ0) is 18.5. The number of likely N-dealkylation sites (N-methyl/N-ethyl adjacent to an activating group) is 1. The minimum absolute atomic E-state index is 0.595. The first-order valence-electron chi connectivity index (χ1n) is 9.00. The van der Waals surface area contributed by atoms with Crippen molar-refractivity contribution in [3.63, 3.8) is 0 Å². The molecule has 0 spiro atoms. The van der Waals surface area contributed by atoms with Crippen molar-refractivity contribution in [1.29, 1.82) is 0 Å². The molecular formula is C21H27N3O2. The maximum Gasteiger partial charge on any atom is 0.119 e. The quantitative estimate of drug-likeness (QED) is 0.673. The van der Waals surface area contributed by atoms with Crippen LogP contribution in [0.1, 0.15) is 17.0 Å². The van der Waals surface area contributed by atoms with Crippen molar-refractivity contribution in [2.75, 3.05) is 27.3 Å². The third-order valence-electron chi connectivity index (χ3n) is 4.68. The average Bonchev–Trinajstić information content (AvgIpc) is 2.97.